The van der Waals surface area contributed by atoms with Crippen LogP contribution in [0.3, 0.4) is 0 Å². The van der Waals surface area contributed by atoms with Crippen LogP contribution in [-0.4, -0.2) is 30.4 Å². The van der Waals surface area contributed by atoms with Crippen LogP contribution in [0.5, 0.6) is 0 Å². The molecule has 4 heteroatoms. The van der Waals surface area contributed by atoms with Crippen LogP contribution >= 0.6 is 0 Å². The molecule has 104 valence electrons. The molecule has 0 spiro atoms. The van der Waals surface area contributed by atoms with Gasteiger partial charge >= 0.3 is 0 Å². The number of hydrogen-bond acceptors (Lipinski definition) is 3. The normalized spacial score (nSPS) is 16.4. The Kier molecular flexibility index (Phi) is 4.56. The summed E-state index contributed by atoms with van der Waals surface area (Å²) in [4.78, 5) is 14.1. The average molecular weight is 261 g/mol. The van der Waals surface area contributed by atoms with Crippen LogP contribution in [-0.2, 0) is 11.3 Å². The van der Waals surface area contributed by atoms with Crippen molar-refractivity contribution in [1.29, 1.82) is 0 Å². The molecule has 1 aliphatic carbocycles. The molecule has 19 heavy (non-hydrogen) atoms. The van der Waals surface area contributed by atoms with Gasteiger partial charge in [0.1, 0.15) is 0 Å². The molecule has 0 saturated heterocycles. The molecular weight excluding hydrogens is 238 g/mol. The van der Waals surface area contributed by atoms with E-state index in [1.165, 1.54) is 12.8 Å². The standard InChI is InChI=1S/C15H23N3O/c1-11(13-5-6-13)18(2)10-15(19)17-14-7-3-12(9-16)4-8-14/h3-4,7-8,11,13H,5-6,9-10,16H2,1-2H3,(H,17,19). The lowest BCUT2D eigenvalue weighted by molar-refractivity contribution is -0.117. The van der Waals surface area contributed by atoms with E-state index in [1.54, 1.807) is 0 Å². The fraction of sp³-hybridized carbons (Fsp3) is 0.533. The van der Waals surface area contributed by atoms with Gasteiger partial charge in [0, 0.05) is 18.3 Å². The molecule has 1 aromatic carbocycles. The highest BCUT2D eigenvalue weighted by Gasteiger charge is 2.30. The van der Waals surface area contributed by atoms with E-state index in [1.807, 2.05) is 31.3 Å². The summed E-state index contributed by atoms with van der Waals surface area (Å²) in [6.07, 6.45) is 2.60. The van der Waals surface area contributed by atoms with Gasteiger partial charge in [-0.1, -0.05) is 12.1 Å². The van der Waals surface area contributed by atoms with E-state index in [0.717, 1.165) is 17.2 Å². The van der Waals surface area contributed by atoms with Gasteiger partial charge in [0.05, 0.1) is 6.54 Å². The van der Waals surface area contributed by atoms with Gasteiger partial charge in [0.2, 0.25) is 5.91 Å². The zero-order valence-electron chi connectivity index (χ0n) is 11.7. The smallest absolute Gasteiger partial charge is 0.238 e. The molecule has 1 atom stereocenters. The molecule has 3 N–H and O–H groups in total. The second-order valence-corrected chi connectivity index (χ2v) is 5.44. The third-order valence-corrected chi connectivity index (χ3v) is 3.87. The lowest BCUT2D eigenvalue weighted by atomic mass is 10.2. The zero-order valence-corrected chi connectivity index (χ0v) is 11.7. The molecular formula is C15H23N3O. The predicted molar refractivity (Wildman–Crippen MR) is 77.8 cm³/mol. The maximum absolute atomic E-state index is 11.9. The van der Waals surface area contributed by atoms with Crippen molar-refractivity contribution in [2.45, 2.75) is 32.4 Å². The summed E-state index contributed by atoms with van der Waals surface area (Å²) in [5.41, 5.74) is 7.44. The Bertz CT molecular complexity index is 426. The van der Waals surface area contributed by atoms with Crippen LogP contribution in [0.1, 0.15) is 25.3 Å². The molecule has 1 unspecified atom stereocenters. The molecule has 1 fully saturated rings. The minimum absolute atomic E-state index is 0.0375. The summed E-state index contributed by atoms with van der Waals surface area (Å²) in [5, 5.41) is 2.92. The Labute approximate surface area is 115 Å². The SMILES string of the molecule is CC(C1CC1)N(C)CC(=O)Nc1ccc(CN)cc1. The van der Waals surface area contributed by atoms with Gasteiger partial charge in [-0.3, -0.25) is 9.69 Å². The largest absolute Gasteiger partial charge is 0.326 e. The van der Waals surface area contributed by atoms with Gasteiger partial charge in [-0.05, 0) is 50.4 Å². The summed E-state index contributed by atoms with van der Waals surface area (Å²) in [5.74, 6) is 0.817. The van der Waals surface area contributed by atoms with Crippen molar-refractivity contribution in [2.24, 2.45) is 11.7 Å². The molecule has 1 amide bonds. The van der Waals surface area contributed by atoms with Gasteiger partial charge < -0.3 is 11.1 Å². The number of likely N-dealkylation sites (N-methyl/N-ethyl adjacent to an activating group) is 1. The minimum Gasteiger partial charge on any atom is -0.326 e. The maximum Gasteiger partial charge on any atom is 0.238 e. The Morgan fingerprint density at radius 1 is 1.42 bits per heavy atom. The number of carbonyl (C=O) groups excluding carboxylic acids is 1. The van der Waals surface area contributed by atoms with E-state index in [9.17, 15) is 4.79 Å². The third-order valence-electron chi connectivity index (χ3n) is 3.87. The fourth-order valence-corrected chi connectivity index (χ4v) is 2.23. The Morgan fingerprint density at radius 2 is 2.05 bits per heavy atom. The van der Waals surface area contributed by atoms with Crippen LogP contribution in [0.15, 0.2) is 24.3 Å². The summed E-state index contributed by atoms with van der Waals surface area (Å²) in [6, 6.07) is 8.15. The van der Waals surface area contributed by atoms with Gasteiger partial charge in [-0.15, -0.1) is 0 Å². The number of amides is 1. The second kappa shape index (κ2) is 6.17. The second-order valence-electron chi connectivity index (χ2n) is 5.44. The monoisotopic (exact) mass is 261 g/mol. The van der Waals surface area contributed by atoms with E-state index in [2.05, 4.69) is 17.1 Å². The number of anilines is 1. The van der Waals surface area contributed by atoms with Crippen molar-refractivity contribution in [1.82, 2.24) is 4.90 Å². The van der Waals surface area contributed by atoms with E-state index in [0.29, 0.717) is 19.1 Å². The van der Waals surface area contributed by atoms with E-state index in [4.69, 9.17) is 5.73 Å². The summed E-state index contributed by atoms with van der Waals surface area (Å²) >= 11 is 0. The number of carbonyl (C=O) groups is 1. The molecule has 1 saturated carbocycles. The maximum atomic E-state index is 11.9. The third kappa shape index (κ3) is 4.04. The Hall–Kier alpha value is -1.39. The number of nitrogens with one attached hydrogen (secondary N) is 1. The Balaban J connectivity index is 1.82. The molecule has 0 aromatic heterocycles. The molecule has 0 bridgehead atoms. The highest BCUT2D eigenvalue weighted by atomic mass is 16.2. The van der Waals surface area contributed by atoms with Gasteiger partial charge in [0.25, 0.3) is 0 Å². The number of hydrogen-bond donors (Lipinski definition) is 2. The molecule has 1 aromatic rings. The summed E-state index contributed by atoms with van der Waals surface area (Å²) in [7, 11) is 2.01. The first-order chi connectivity index (χ1) is 9.10. The van der Waals surface area contributed by atoms with Crippen molar-refractivity contribution < 1.29 is 4.79 Å². The lowest BCUT2D eigenvalue weighted by Crippen LogP contribution is -2.37. The van der Waals surface area contributed by atoms with Gasteiger partial charge in [-0.2, -0.15) is 0 Å². The average Bonchev–Trinajstić information content (AvgIpc) is 3.22. The number of rotatable bonds is 6. The minimum atomic E-state index is 0.0375. The van der Waals surface area contributed by atoms with E-state index < -0.39 is 0 Å². The summed E-state index contributed by atoms with van der Waals surface area (Å²) in [6.45, 7) is 3.16. The quantitative estimate of drug-likeness (QED) is 0.821. The predicted octanol–water partition coefficient (Wildman–Crippen LogP) is 1.81. The topological polar surface area (TPSA) is 58.4 Å². The number of benzene rings is 1. The van der Waals surface area contributed by atoms with Crippen LogP contribution in [0, 0.1) is 5.92 Å². The van der Waals surface area contributed by atoms with E-state index >= 15 is 0 Å². The van der Waals surface area contributed by atoms with Crippen molar-refractivity contribution in [3.05, 3.63) is 29.8 Å². The van der Waals surface area contributed by atoms with Gasteiger partial charge in [0.15, 0.2) is 0 Å². The Morgan fingerprint density at radius 3 is 2.58 bits per heavy atom. The van der Waals surface area contributed by atoms with Crippen molar-refractivity contribution in [2.75, 3.05) is 18.9 Å². The first-order valence-electron chi connectivity index (χ1n) is 6.89. The van der Waals surface area contributed by atoms with Crippen molar-refractivity contribution in [3.63, 3.8) is 0 Å². The van der Waals surface area contributed by atoms with Crippen LogP contribution in [0.2, 0.25) is 0 Å². The molecule has 4 nitrogen and oxygen atoms in total. The van der Waals surface area contributed by atoms with Crippen molar-refractivity contribution in [3.8, 4) is 0 Å². The van der Waals surface area contributed by atoms with Crippen LogP contribution < -0.4 is 11.1 Å². The zero-order chi connectivity index (χ0) is 13.8. The fourth-order valence-electron chi connectivity index (χ4n) is 2.23. The highest BCUT2D eigenvalue weighted by molar-refractivity contribution is 5.92. The molecule has 0 heterocycles. The highest BCUT2D eigenvalue weighted by Crippen LogP contribution is 2.34. The first kappa shape index (κ1) is 14.0. The van der Waals surface area contributed by atoms with E-state index in [-0.39, 0.29) is 5.91 Å². The van der Waals surface area contributed by atoms with Crippen molar-refractivity contribution >= 4 is 11.6 Å². The molecule has 2 rings (SSSR count). The van der Waals surface area contributed by atoms with Gasteiger partial charge in [-0.25, -0.2) is 0 Å². The molecule has 1 aliphatic rings. The molecule has 0 radical (unpaired) electrons. The van der Waals surface area contributed by atoms with Crippen LogP contribution in [0.25, 0.3) is 0 Å². The first-order valence-corrected chi connectivity index (χ1v) is 6.89. The summed E-state index contributed by atoms with van der Waals surface area (Å²) < 4.78 is 0. The molecule has 0 aliphatic heterocycles. The number of nitrogens with two attached hydrogens (primary N) is 1. The lowest BCUT2D eigenvalue weighted by Gasteiger charge is -2.23. The van der Waals surface area contributed by atoms with Crippen LogP contribution in [0.4, 0.5) is 5.69 Å². The number of nitrogens with zero attached hydrogens (tertiary/aromatic N) is 1.